The van der Waals surface area contributed by atoms with Crippen LogP contribution in [0.1, 0.15) is 27.7 Å². The maximum Gasteiger partial charge on any atom is 0.0831 e. The highest BCUT2D eigenvalue weighted by Crippen LogP contribution is 2.21. The fourth-order valence-corrected chi connectivity index (χ4v) is 3.29. The van der Waals surface area contributed by atoms with Crippen LogP contribution in [0.2, 0.25) is 0 Å². The van der Waals surface area contributed by atoms with Gasteiger partial charge in [-0.3, -0.25) is 9.80 Å². The summed E-state index contributed by atoms with van der Waals surface area (Å²) >= 11 is 0. The van der Waals surface area contributed by atoms with Gasteiger partial charge in [0.1, 0.15) is 0 Å². The van der Waals surface area contributed by atoms with Gasteiger partial charge in [0.05, 0.1) is 24.4 Å². The first-order chi connectivity index (χ1) is 9.39. The van der Waals surface area contributed by atoms with Gasteiger partial charge in [-0.2, -0.15) is 0 Å². The molecule has 0 radical (unpaired) electrons. The first-order valence-corrected chi connectivity index (χ1v) is 7.85. The van der Waals surface area contributed by atoms with Gasteiger partial charge in [-0.1, -0.05) is 0 Å². The third kappa shape index (κ3) is 4.40. The van der Waals surface area contributed by atoms with Crippen molar-refractivity contribution in [1.82, 2.24) is 9.80 Å². The lowest BCUT2D eigenvalue weighted by Crippen LogP contribution is -2.58. The maximum atomic E-state index is 5.98. The van der Waals surface area contributed by atoms with Crippen LogP contribution in [0.15, 0.2) is 0 Å². The summed E-state index contributed by atoms with van der Waals surface area (Å²) in [4.78, 5) is 4.95. The van der Waals surface area contributed by atoms with Gasteiger partial charge in [-0.25, -0.2) is 0 Å². The molecule has 2 N–H and O–H groups in total. The van der Waals surface area contributed by atoms with Gasteiger partial charge in [0.25, 0.3) is 0 Å². The monoisotopic (exact) mass is 285 g/mol. The molecule has 20 heavy (non-hydrogen) atoms. The Morgan fingerprint density at radius 3 is 2.65 bits per heavy atom. The zero-order valence-electron chi connectivity index (χ0n) is 13.5. The molecule has 5 heteroatoms. The molecule has 2 rings (SSSR count). The summed E-state index contributed by atoms with van der Waals surface area (Å²) < 4.78 is 11.9. The Balaban J connectivity index is 1.88. The minimum atomic E-state index is -0.116. The molecule has 2 saturated heterocycles. The fraction of sp³-hybridized carbons (Fsp3) is 1.00. The highest BCUT2D eigenvalue weighted by Gasteiger charge is 2.34. The predicted octanol–water partition coefficient (Wildman–Crippen LogP) is 0.534. The lowest BCUT2D eigenvalue weighted by Gasteiger charge is -2.45. The van der Waals surface area contributed by atoms with Gasteiger partial charge in [-0.15, -0.1) is 0 Å². The zero-order valence-corrected chi connectivity index (χ0v) is 13.5. The van der Waals surface area contributed by atoms with E-state index in [1.807, 2.05) is 0 Å². The molecule has 0 aromatic rings. The van der Waals surface area contributed by atoms with E-state index in [4.69, 9.17) is 15.2 Å². The summed E-state index contributed by atoms with van der Waals surface area (Å²) in [5, 5.41) is 0. The first-order valence-electron chi connectivity index (χ1n) is 7.85. The van der Waals surface area contributed by atoms with Gasteiger partial charge in [0, 0.05) is 45.3 Å². The molecule has 2 unspecified atom stereocenters. The van der Waals surface area contributed by atoms with Gasteiger partial charge in [0.2, 0.25) is 0 Å². The van der Waals surface area contributed by atoms with Crippen molar-refractivity contribution in [3.8, 4) is 0 Å². The van der Waals surface area contributed by atoms with E-state index in [9.17, 15) is 0 Å². The van der Waals surface area contributed by atoms with Crippen LogP contribution in [-0.2, 0) is 9.47 Å². The van der Waals surface area contributed by atoms with Crippen molar-refractivity contribution in [1.29, 1.82) is 0 Å². The van der Waals surface area contributed by atoms with Crippen molar-refractivity contribution in [2.24, 2.45) is 5.73 Å². The third-order valence-corrected chi connectivity index (χ3v) is 4.18. The van der Waals surface area contributed by atoms with Crippen LogP contribution in [0.25, 0.3) is 0 Å². The highest BCUT2D eigenvalue weighted by molar-refractivity contribution is 4.87. The van der Waals surface area contributed by atoms with Gasteiger partial charge in [0.15, 0.2) is 0 Å². The number of ether oxygens (including phenoxy) is 2. The largest absolute Gasteiger partial charge is 0.374 e. The van der Waals surface area contributed by atoms with Gasteiger partial charge >= 0.3 is 0 Å². The van der Waals surface area contributed by atoms with Gasteiger partial charge in [-0.05, 0) is 27.7 Å². The molecule has 2 fully saturated rings. The van der Waals surface area contributed by atoms with Crippen molar-refractivity contribution in [3.05, 3.63) is 0 Å². The number of rotatable bonds is 4. The van der Waals surface area contributed by atoms with Crippen LogP contribution >= 0.6 is 0 Å². The van der Waals surface area contributed by atoms with E-state index in [2.05, 4.69) is 37.5 Å². The summed E-state index contributed by atoms with van der Waals surface area (Å²) in [5.41, 5.74) is 5.67. The summed E-state index contributed by atoms with van der Waals surface area (Å²) in [5.74, 6) is 0. The van der Waals surface area contributed by atoms with Crippen LogP contribution in [0.3, 0.4) is 0 Å². The van der Waals surface area contributed by atoms with Crippen molar-refractivity contribution in [2.45, 2.75) is 51.5 Å². The van der Waals surface area contributed by atoms with Crippen LogP contribution in [0, 0.1) is 0 Å². The third-order valence-electron chi connectivity index (χ3n) is 4.18. The Morgan fingerprint density at radius 2 is 2.00 bits per heavy atom. The van der Waals surface area contributed by atoms with Crippen LogP contribution < -0.4 is 5.73 Å². The Hall–Kier alpha value is -0.200. The maximum absolute atomic E-state index is 5.98. The smallest absolute Gasteiger partial charge is 0.0831 e. The number of hydrogen-bond donors (Lipinski definition) is 1. The molecule has 5 nitrogen and oxygen atoms in total. The van der Waals surface area contributed by atoms with E-state index < -0.39 is 0 Å². The molecule has 0 aromatic carbocycles. The standard InChI is InChI=1S/C15H31N3O2/c1-12(2)18-5-6-19-14(10-18)9-17-8-13(7-16)20-15(3,4)11-17/h12-14H,5-11,16H2,1-4H3. The summed E-state index contributed by atoms with van der Waals surface area (Å²) in [6, 6.07) is 0.597. The summed E-state index contributed by atoms with van der Waals surface area (Å²) in [6.45, 7) is 15.2. The number of nitrogens with two attached hydrogens (primary N) is 1. The molecule has 2 heterocycles. The van der Waals surface area contributed by atoms with E-state index in [0.29, 0.717) is 18.7 Å². The van der Waals surface area contributed by atoms with Crippen LogP contribution in [0.5, 0.6) is 0 Å². The lowest BCUT2D eigenvalue weighted by molar-refractivity contribution is -0.144. The molecule has 2 aliphatic rings. The van der Waals surface area contributed by atoms with E-state index in [1.54, 1.807) is 0 Å². The number of hydrogen-bond acceptors (Lipinski definition) is 5. The average molecular weight is 285 g/mol. The molecule has 2 atom stereocenters. The van der Waals surface area contributed by atoms with Crippen molar-refractivity contribution >= 4 is 0 Å². The number of morpholine rings is 2. The molecule has 0 saturated carbocycles. The molecular weight excluding hydrogens is 254 g/mol. The Kier molecular flexibility index (Phi) is 5.42. The van der Waals surface area contributed by atoms with E-state index in [-0.39, 0.29) is 11.7 Å². The second-order valence-electron chi connectivity index (χ2n) is 7.01. The molecule has 0 aliphatic carbocycles. The summed E-state index contributed by atoms with van der Waals surface area (Å²) in [6.07, 6.45) is 0.446. The van der Waals surface area contributed by atoms with E-state index >= 15 is 0 Å². The highest BCUT2D eigenvalue weighted by atomic mass is 16.5. The van der Waals surface area contributed by atoms with Gasteiger partial charge < -0.3 is 15.2 Å². The average Bonchev–Trinajstić information content (AvgIpc) is 2.37. The second kappa shape index (κ2) is 6.71. The Bertz CT molecular complexity index is 309. The molecule has 2 aliphatic heterocycles. The molecule has 0 aromatic heterocycles. The second-order valence-corrected chi connectivity index (χ2v) is 7.01. The van der Waals surface area contributed by atoms with Crippen molar-refractivity contribution in [2.75, 3.05) is 45.9 Å². The Morgan fingerprint density at radius 1 is 1.25 bits per heavy atom. The van der Waals surface area contributed by atoms with Crippen LogP contribution in [0.4, 0.5) is 0 Å². The fourth-order valence-electron chi connectivity index (χ4n) is 3.29. The Labute approximate surface area is 123 Å². The predicted molar refractivity (Wildman–Crippen MR) is 80.9 cm³/mol. The number of nitrogens with zero attached hydrogens (tertiary/aromatic N) is 2. The zero-order chi connectivity index (χ0) is 14.8. The van der Waals surface area contributed by atoms with Crippen LogP contribution in [-0.4, -0.2) is 79.5 Å². The minimum Gasteiger partial charge on any atom is -0.374 e. The van der Waals surface area contributed by atoms with Crippen molar-refractivity contribution < 1.29 is 9.47 Å². The molecule has 0 spiro atoms. The molecule has 0 bridgehead atoms. The quantitative estimate of drug-likeness (QED) is 0.817. The van der Waals surface area contributed by atoms with Crippen molar-refractivity contribution in [3.63, 3.8) is 0 Å². The first kappa shape index (κ1) is 16.2. The normalized spacial score (nSPS) is 32.7. The molecule has 118 valence electrons. The summed E-state index contributed by atoms with van der Waals surface area (Å²) in [7, 11) is 0. The minimum absolute atomic E-state index is 0.116. The molecular formula is C15H31N3O2. The topological polar surface area (TPSA) is 51.0 Å². The molecule has 0 amide bonds. The van der Waals surface area contributed by atoms with E-state index in [0.717, 1.165) is 39.3 Å². The SMILES string of the molecule is CC(C)N1CCOC(CN2CC(CN)OC(C)(C)C2)C1. The van der Waals surface area contributed by atoms with E-state index in [1.165, 1.54) is 0 Å². The lowest BCUT2D eigenvalue weighted by atomic mass is 10.0.